The van der Waals surface area contributed by atoms with Gasteiger partial charge in [-0.3, -0.25) is 4.79 Å². The van der Waals surface area contributed by atoms with Gasteiger partial charge >= 0.3 is 0 Å². The summed E-state index contributed by atoms with van der Waals surface area (Å²) >= 11 is 0. The molecular weight excluding hydrogens is 336 g/mol. The van der Waals surface area contributed by atoms with Crippen molar-refractivity contribution in [2.24, 2.45) is 0 Å². The molecule has 5 heteroatoms. The fraction of sp³-hybridized carbons (Fsp3) is 0.227. The van der Waals surface area contributed by atoms with Gasteiger partial charge in [0.15, 0.2) is 0 Å². The molecule has 0 fully saturated rings. The molecule has 0 bridgehead atoms. The summed E-state index contributed by atoms with van der Waals surface area (Å²) in [4.78, 5) is 21.0. The van der Waals surface area contributed by atoms with Gasteiger partial charge in [-0.15, -0.1) is 0 Å². The fourth-order valence-corrected chi connectivity index (χ4v) is 2.68. The van der Waals surface area contributed by atoms with Gasteiger partial charge in [0.1, 0.15) is 12.1 Å². The second-order valence-corrected chi connectivity index (χ2v) is 6.65. The van der Waals surface area contributed by atoms with Crippen LogP contribution in [0.5, 0.6) is 0 Å². The Kier molecular flexibility index (Phi) is 5.81. The lowest BCUT2D eigenvalue weighted by Crippen LogP contribution is -2.31. The van der Waals surface area contributed by atoms with Crippen LogP contribution in [0, 0.1) is 6.92 Å². The number of nitrogens with one attached hydrogen (secondary N) is 2. The quantitative estimate of drug-likeness (QED) is 0.667. The van der Waals surface area contributed by atoms with Crippen molar-refractivity contribution in [3.05, 3.63) is 72.1 Å². The summed E-state index contributed by atoms with van der Waals surface area (Å²) in [7, 11) is 0. The number of hydrogen-bond acceptors (Lipinski definition) is 4. The van der Waals surface area contributed by atoms with E-state index in [1.54, 1.807) is 12.4 Å². The summed E-state index contributed by atoms with van der Waals surface area (Å²) in [6, 6.07) is 17.6. The van der Waals surface area contributed by atoms with Crippen LogP contribution in [-0.2, 0) is 0 Å². The number of carbonyl (C=O) groups excluding carboxylic acids is 1. The number of rotatable bonds is 6. The van der Waals surface area contributed by atoms with Crippen molar-refractivity contribution in [3.8, 4) is 11.3 Å². The Morgan fingerprint density at radius 2 is 1.89 bits per heavy atom. The van der Waals surface area contributed by atoms with E-state index in [1.807, 2.05) is 50.2 Å². The van der Waals surface area contributed by atoms with Crippen molar-refractivity contribution < 1.29 is 4.79 Å². The minimum absolute atomic E-state index is 0.0730. The third kappa shape index (κ3) is 4.91. The Labute approximate surface area is 159 Å². The third-order valence-electron chi connectivity index (χ3n) is 4.37. The number of benzene rings is 2. The van der Waals surface area contributed by atoms with E-state index in [0.717, 1.165) is 23.4 Å². The van der Waals surface area contributed by atoms with E-state index >= 15 is 0 Å². The SMILES string of the molecule is CC[C@@H](C)NC(=O)c1cccc(Nc2cc(-c3cccc(C)c3)ncn2)c1. The van der Waals surface area contributed by atoms with Crippen molar-refractivity contribution in [1.82, 2.24) is 15.3 Å². The van der Waals surface area contributed by atoms with Gasteiger partial charge in [0.25, 0.3) is 5.91 Å². The van der Waals surface area contributed by atoms with Crippen LogP contribution in [-0.4, -0.2) is 21.9 Å². The van der Waals surface area contributed by atoms with Crippen LogP contribution >= 0.6 is 0 Å². The summed E-state index contributed by atoms with van der Waals surface area (Å²) in [5, 5.41) is 6.24. The molecule has 0 spiro atoms. The Morgan fingerprint density at radius 3 is 2.67 bits per heavy atom. The van der Waals surface area contributed by atoms with Gasteiger partial charge in [-0.2, -0.15) is 0 Å². The summed E-state index contributed by atoms with van der Waals surface area (Å²) in [5.74, 6) is 0.608. The topological polar surface area (TPSA) is 66.9 Å². The smallest absolute Gasteiger partial charge is 0.251 e. The first-order valence-corrected chi connectivity index (χ1v) is 9.12. The second-order valence-electron chi connectivity index (χ2n) is 6.65. The molecule has 0 saturated carbocycles. The first-order valence-electron chi connectivity index (χ1n) is 9.12. The van der Waals surface area contributed by atoms with Gasteiger partial charge in [-0.1, -0.05) is 36.8 Å². The molecule has 0 aliphatic rings. The lowest BCUT2D eigenvalue weighted by molar-refractivity contribution is 0.0939. The van der Waals surface area contributed by atoms with E-state index in [9.17, 15) is 4.79 Å². The zero-order valence-corrected chi connectivity index (χ0v) is 15.9. The standard InChI is InChI=1S/C22H24N4O/c1-4-16(3)25-22(27)18-9-6-10-19(12-18)26-21-13-20(23-14-24-21)17-8-5-7-15(2)11-17/h5-14,16H,4H2,1-3H3,(H,25,27)(H,23,24,26)/t16-/m1/s1. The van der Waals surface area contributed by atoms with Crippen LogP contribution in [0.3, 0.4) is 0 Å². The van der Waals surface area contributed by atoms with Crippen LogP contribution in [0.1, 0.15) is 36.2 Å². The molecule has 0 unspecified atom stereocenters. The van der Waals surface area contributed by atoms with Gasteiger partial charge in [0, 0.05) is 28.9 Å². The number of aromatic nitrogens is 2. The highest BCUT2D eigenvalue weighted by Gasteiger charge is 2.09. The third-order valence-corrected chi connectivity index (χ3v) is 4.37. The highest BCUT2D eigenvalue weighted by Crippen LogP contribution is 2.22. The minimum atomic E-state index is -0.0730. The van der Waals surface area contributed by atoms with Crippen molar-refractivity contribution in [2.75, 3.05) is 5.32 Å². The van der Waals surface area contributed by atoms with Gasteiger partial charge in [0.05, 0.1) is 5.69 Å². The second kappa shape index (κ2) is 8.45. The molecule has 1 atom stereocenters. The molecule has 3 rings (SSSR count). The Hall–Kier alpha value is -3.21. The molecule has 1 aromatic heterocycles. The van der Waals surface area contributed by atoms with E-state index in [2.05, 4.69) is 39.7 Å². The minimum Gasteiger partial charge on any atom is -0.350 e. The first kappa shape index (κ1) is 18.6. The molecule has 0 saturated heterocycles. The Balaban J connectivity index is 1.79. The molecule has 0 radical (unpaired) electrons. The first-order chi connectivity index (χ1) is 13.0. The number of amides is 1. The average Bonchev–Trinajstić information content (AvgIpc) is 2.68. The molecule has 27 heavy (non-hydrogen) atoms. The average molecular weight is 360 g/mol. The van der Waals surface area contributed by atoms with Crippen LogP contribution < -0.4 is 10.6 Å². The maximum atomic E-state index is 12.3. The highest BCUT2D eigenvalue weighted by molar-refractivity contribution is 5.95. The molecule has 2 N–H and O–H groups in total. The van der Waals surface area contributed by atoms with Crippen molar-refractivity contribution in [2.45, 2.75) is 33.2 Å². The Morgan fingerprint density at radius 1 is 1.07 bits per heavy atom. The van der Waals surface area contributed by atoms with E-state index in [1.165, 1.54) is 5.56 Å². The number of anilines is 2. The molecule has 1 heterocycles. The maximum Gasteiger partial charge on any atom is 0.251 e. The van der Waals surface area contributed by atoms with Gasteiger partial charge in [0.2, 0.25) is 0 Å². The van der Waals surface area contributed by atoms with Crippen molar-refractivity contribution in [1.29, 1.82) is 0 Å². The summed E-state index contributed by atoms with van der Waals surface area (Å²) in [6.45, 7) is 6.09. The van der Waals surface area contributed by atoms with Crippen molar-refractivity contribution >= 4 is 17.4 Å². The monoisotopic (exact) mass is 360 g/mol. The zero-order chi connectivity index (χ0) is 19.2. The molecular formula is C22H24N4O. The summed E-state index contributed by atoms with van der Waals surface area (Å²) in [5.41, 5.74) is 4.50. The number of carbonyl (C=O) groups is 1. The number of nitrogens with zero attached hydrogens (tertiary/aromatic N) is 2. The molecule has 0 aliphatic carbocycles. The van der Waals surface area contributed by atoms with E-state index in [4.69, 9.17) is 0 Å². The van der Waals surface area contributed by atoms with Gasteiger partial charge in [-0.25, -0.2) is 9.97 Å². The normalized spacial score (nSPS) is 11.7. The van der Waals surface area contributed by atoms with Crippen LogP contribution in [0.2, 0.25) is 0 Å². The summed E-state index contributed by atoms with van der Waals surface area (Å²) < 4.78 is 0. The van der Waals surface area contributed by atoms with Gasteiger partial charge < -0.3 is 10.6 Å². The van der Waals surface area contributed by atoms with E-state index < -0.39 is 0 Å². The Bertz CT molecular complexity index is 939. The van der Waals surface area contributed by atoms with Crippen molar-refractivity contribution in [3.63, 3.8) is 0 Å². The molecule has 3 aromatic rings. The zero-order valence-electron chi connectivity index (χ0n) is 15.9. The van der Waals surface area contributed by atoms with Crippen LogP contribution in [0.25, 0.3) is 11.3 Å². The summed E-state index contributed by atoms with van der Waals surface area (Å²) in [6.07, 6.45) is 2.44. The van der Waals surface area contributed by atoms with E-state index in [0.29, 0.717) is 11.4 Å². The fourth-order valence-electron chi connectivity index (χ4n) is 2.68. The molecule has 2 aromatic carbocycles. The number of aryl methyl sites for hydroxylation is 1. The van der Waals surface area contributed by atoms with Crippen LogP contribution in [0.4, 0.5) is 11.5 Å². The van der Waals surface area contributed by atoms with Gasteiger partial charge in [-0.05, 0) is 44.5 Å². The number of hydrogen-bond donors (Lipinski definition) is 2. The highest BCUT2D eigenvalue weighted by atomic mass is 16.1. The molecule has 138 valence electrons. The predicted octanol–water partition coefficient (Wildman–Crippen LogP) is 4.72. The predicted molar refractivity (Wildman–Crippen MR) is 109 cm³/mol. The largest absolute Gasteiger partial charge is 0.350 e. The molecule has 5 nitrogen and oxygen atoms in total. The maximum absolute atomic E-state index is 12.3. The molecule has 1 amide bonds. The lowest BCUT2D eigenvalue weighted by Gasteiger charge is -2.12. The lowest BCUT2D eigenvalue weighted by atomic mass is 10.1. The van der Waals surface area contributed by atoms with E-state index in [-0.39, 0.29) is 11.9 Å². The van der Waals surface area contributed by atoms with Crippen LogP contribution in [0.15, 0.2) is 60.9 Å². The molecule has 0 aliphatic heterocycles.